The van der Waals surface area contributed by atoms with E-state index in [1.165, 1.54) is 30.5 Å². The largest absolute Gasteiger partial charge is 0.505 e. The highest BCUT2D eigenvalue weighted by Gasteiger charge is 2.08. The van der Waals surface area contributed by atoms with Gasteiger partial charge in [0.15, 0.2) is 11.6 Å². The predicted octanol–water partition coefficient (Wildman–Crippen LogP) is 2.29. The molecule has 0 unspecified atom stereocenters. The predicted molar refractivity (Wildman–Crippen MR) is 58.3 cm³/mol. The zero-order valence-corrected chi connectivity index (χ0v) is 8.59. The summed E-state index contributed by atoms with van der Waals surface area (Å²) in [6.45, 7) is 0. The third-order valence-corrected chi connectivity index (χ3v) is 2.25. The van der Waals surface area contributed by atoms with E-state index in [0.717, 1.165) is 6.07 Å². The number of hydrogen-bond donors (Lipinski definition) is 2. The highest BCUT2D eigenvalue weighted by Crippen LogP contribution is 2.23. The maximum Gasteiger partial charge on any atom is 0.335 e. The molecule has 0 atom stereocenters. The number of hydrogen-bond acceptors (Lipinski definition) is 3. The number of nitrogens with zero attached hydrogens (tertiary/aromatic N) is 1. The van der Waals surface area contributed by atoms with Crippen LogP contribution in [0.15, 0.2) is 36.5 Å². The standard InChI is InChI=1S/C12H8FNO3/c13-9-5-7(1-2-11(9)15)10-6-8(12(16)17)3-4-14-10/h1-6,15H,(H,16,17). The van der Waals surface area contributed by atoms with Crippen LogP contribution < -0.4 is 0 Å². The van der Waals surface area contributed by atoms with Crippen LogP contribution in [0.4, 0.5) is 4.39 Å². The molecular weight excluding hydrogens is 225 g/mol. The lowest BCUT2D eigenvalue weighted by Crippen LogP contribution is -1.97. The van der Waals surface area contributed by atoms with Crippen LogP contribution >= 0.6 is 0 Å². The average molecular weight is 233 g/mol. The Morgan fingerprint density at radius 3 is 2.65 bits per heavy atom. The molecule has 86 valence electrons. The van der Waals surface area contributed by atoms with E-state index in [0.29, 0.717) is 11.3 Å². The summed E-state index contributed by atoms with van der Waals surface area (Å²) in [6, 6.07) is 6.45. The summed E-state index contributed by atoms with van der Waals surface area (Å²) >= 11 is 0. The molecule has 4 nitrogen and oxygen atoms in total. The molecule has 0 aliphatic rings. The number of benzene rings is 1. The van der Waals surface area contributed by atoms with Crippen LogP contribution in [0.5, 0.6) is 5.75 Å². The Hall–Kier alpha value is -2.43. The van der Waals surface area contributed by atoms with Crippen LogP contribution in [0.2, 0.25) is 0 Å². The Morgan fingerprint density at radius 1 is 1.24 bits per heavy atom. The molecule has 5 heteroatoms. The van der Waals surface area contributed by atoms with E-state index in [-0.39, 0.29) is 5.56 Å². The van der Waals surface area contributed by atoms with Crippen molar-refractivity contribution in [1.82, 2.24) is 4.98 Å². The van der Waals surface area contributed by atoms with E-state index in [2.05, 4.69) is 4.98 Å². The van der Waals surface area contributed by atoms with Gasteiger partial charge in [-0.1, -0.05) is 0 Å². The number of pyridine rings is 1. The molecule has 2 rings (SSSR count). The lowest BCUT2D eigenvalue weighted by Gasteiger charge is -2.03. The first kappa shape index (κ1) is 11.1. The average Bonchev–Trinajstić information content (AvgIpc) is 2.33. The van der Waals surface area contributed by atoms with Crippen LogP contribution in [-0.4, -0.2) is 21.2 Å². The quantitative estimate of drug-likeness (QED) is 0.834. The van der Waals surface area contributed by atoms with Gasteiger partial charge in [0.1, 0.15) is 0 Å². The highest BCUT2D eigenvalue weighted by molar-refractivity contribution is 5.88. The molecule has 0 spiro atoms. The molecule has 17 heavy (non-hydrogen) atoms. The van der Waals surface area contributed by atoms with Gasteiger partial charge in [0, 0.05) is 11.8 Å². The summed E-state index contributed by atoms with van der Waals surface area (Å²) in [4.78, 5) is 14.7. The van der Waals surface area contributed by atoms with E-state index >= 15 is 0 Å². The first-order valence-electron chi connectivity index (χ1n) is 4.76. The minimum atomic E-state index is -1.08. The number of carboxylic acids is 1. The molecule has 0 saturated heterocycles. The van der Waals surface area contributed by atoms with Crippen LogP contribution in [0, 0.1) is 5.82 Å². The fraction of sp³-hybridized carbons (Fsp3) is 0. The van der Waals surface area contributed by atoms with Crippen molar-refractivity contribution in [3.05, 3.63) is 47.9 Å². The van der Waals surface area contributed by atoms with Gasteiger partial charge in [-0.2, -0.15) is 0 Å². The lowest BCUT2D eigenvalue weighted by molar-refractivity contribution is 0.0697. The van der Waals surface area contributed by atoms with E-state index < -0.39 is 17.5 Å². The number of aromatic hydroxyl groups is 1. The van der Waals surface area contributed by atoms with E-state index in [1.54, 1.807) is 0 Å². The van der Waals surface area contributed by atoms with Gasteiger partial charge in [0.2, 0.25) is 0 Å². The first-order valence-corrected chi connectivity index (χ1v) is 4.76. The first-order chi connectivity index (χ1) is 8.08. The number of aromatic nitrogens is 1. The van der Waals surface area contributed by atoms with Crippen molar-refractivity contribution < 1.29 is 19.4 Å². The number of phenolic OH excluding ortho intramolecular Hbond substituents is 1. The molecule has 2 N–H and O–H groups in total. The summed E-state index contributed by atoms with van der Waals surface area (Å²) in [5.74, 6) is -2.30. The van der Waals surface area contributed by atoms with Gasteiger partial charge < -0.3 is 10.2 Å². The van der Waals surface area contributed by atoms with Crippen molar-refractivity contribution in [2.45, 2.75) is 0 Å². The molecule has 0 fully saturated rings. The highest BCUT2D eigenvalue weighted by atomic mass is 19.1. The topological polar surface area (TPSA) is 70.4 Å². The van der Waals surface area contributed by atoms with Crippen LogP contribution in [0.25, 0.3) is 11.3 Å². The van der Waals surface area contributed by atoms with Crippen molar-refractivity contribution in [1.29, 1.82) is 0 Å². The normalized spacial score (nSPS) is 10.2. The molecule has 0 amide bonds. The molecule has 0 radical (unpaired) electrons. The minimum absolute atomic E-state index is 0.0727. The molecule has 2 aromatic rings. The Kier molecular flexibility index (Phi) is 2.74. The van der Waals surface area contributed by atoms with Gasteiger partial charge in [0.25, 0.3) is 0 Å². The van der Waals surface area contributed by atoms with Gasteiger partial charge in [-0.3, -0.25) is 4.98 Å². The summed E-state index contributed by atoms with van der Waals surface area (Å²) in [5, 5.41) is 17.9. The SMILES string of the molecule is O=C(O)c1ccnc(-c2ccc(O)c(F)c2)c1. The van der Waals surface area contributed by atoms with Crippen molar-refractivity contribution in [2.24, 2.45) is 0 Å². The van der Waals surface area contributed by atoms with Crippen molar-refractivity contribution in [3.8, 4) is 17.0 Å². The number of halogens is 1. The van der Waals surface area contributed by atoms with E-state index in [1.807, 2.05) is 0 Å². The van der Waals surface area contributed by atoms with Crippen LogP contribution in [0.3, 0.4) is 0 Å². The minimum Gasteiger partial charge on any atom is -0.505 e. The van der Waals surface area contributed by atoms with Crippen LogP contribution in [-0.2, 0) is 0 Å². The zero-order valence-electron chi connectivity index (χ0n) is 8.59. The number of carboxylic acid groups (broad SMARTS) is 1. The maximum atomic E-state index is 13.1. The van der Waals surface area contributed by atoms with Gasteiger partial charge in [-0.05, 0) is 30.3 Å². The van der Waals surface area contributed by atoms with Gasteiger partial charge in [-0.15, -0.1) is 0 Å². The molecule has 1 heterocycles. The van der Waals surface area contributed by atoms with E-state index in [9.17, 15) is 9.18 Å². The summed E-state index contributed by atoms with van der Waals surface area (Å²) in [6.07, 6.45) is 1.34. The van der Waals surface area contributed by atoms with E-state index in [4.69, 9.17) is 10.2 Å². The monoisotopic (exact) mass is 233 g/mol. The molecular formula is C12H8FNO3. The van der Waals surface area contributed by atoms with Gasteiger partial charge in [-0.25, -0.2) is 9.18 Å². The molecule has 0 bridgehead atoms. The zero-order chi connectivity index (χ0) is 12.4. The summed E-state index contributed by atoms with van der Waals surface area (Å²) < 4.78 is 13.1. The van der Waals surface area contributed by atoms with Crippen molar-refractivity contribution in [3.63, 3.8) is 0 Å². The Balaban J connectivity index is 2.49. The van der Waals surface area contributed by atoms with Gasteiger partial charge in [0.05, 0.1) is 11.3 Å². The lowest BCUT2D eigenvalue weighted by atomic mass is 10.1. The summed E-state index contributed by atoms with van der Waals surface area (Å²) in [7, 11) is 0. The molecule has 1 aromatic carbocycles. The fourth-order valence-corrected chi connectivity index (χ4v) is 1.39. The second-order valence-electron chi connectivity index (χ2n) is 3.40. The summed E-state index contributed by atoms with van der Waals surface area (Å²) in [5.41, 5.74) is 0.815. The molecule has 0 saturated carbocycles. The molecule has 0 aliphatic heterocycles. The maximum absolute atomic E-state index is 13.1. The smallest absolute Gasteiger partial charge is 0.335 e. The third-order valence-electron chi connectivity index (χ3n) is 2.25. The Bertz CT molecular complexity index is 584. The fourth-order valence-electron chi connectivity index (χ4n) is 1.39. The second-order valence-corrected chi connectivity index (χ2v) is 3.40. The van der Waals surface area contributed by atoms with Crippen LogP contribution in [0.1, 0.15) is 10.4 Å². The Labute approximate surface area is 96.0 Å². The van der Waals surface area contributed by atoms with Crippen molar-refractivity contribution in [2.75, 3.05) is 0 Å². The third kappa shape index (κ3) is 2.23. The number of aromatic carboxylic acids is 1. The van der Waals surface area contributed by atoms with Crippen molar-refractivity contribution >= 4 is 5.97 Å². The second kappa shape index (κ2) is 4.21. The molecule has 0 aliphatic carbocycles. The number of carbonyl (C=O) groups is 1. The molecule has 1 aromatic heterocycles. The van der Waals surface area contributed by atoms with Gasteiger partial charge >= 0.3 is 5.97 Å². The number of rotatable bonds is 2. The Morgan fingerprint density at radius 2 is 2.00 bits per heavy atom. The number of phenols is 1.